The molecule has 1 rings (SSSR count). The van der Waals surface area contributed by atoms with Gasteiger partial charge >= 0.3 is 5.97 Å². The van der Waals surface area contributed by atoms with Crippen LogP contribution in [0.3, 0.4) is 0 Å². The number of methoxy groups -OCH3 is 1. The van der Waals surface area contributed by atoms with Crippen molar-refractivity contribution in [3.63, 3.8) is 0 Å². The molecule has 1 aromatic rings. The number of carbonyl (C=O) groups is 1. The number of hydrogen-bond acceptors (Lipinski definition) is 3. The van der Waals surface area contributed by atoms with Gasteiger partial charge in [-0.25, -0.2) is 4.79 Å². The van der Waals surface area contributed by atoms with Crippen LogP contribution >= 0.6 is 11.6 Å². The molecule has 0 aliphatic carbocycles. The lowest BCUT2D eigenvalue weighted by molar-refractivity contribution is 0.0600. The van der Waals surface area contributed by atoms with Gasteiger partial charge in [0.25, 0.3) is 0 Å². The van der Waals surface area contributed by atoms with Gasteiger partial charge in [-0.15, -0.1) is 0 Å². The number of ether oxygens (including phenoxy) is 1. The first-order chi connectivity index (χ1) is 4.75. The molecule has 3 nitrogen and oxygen atoms in total. The maximum absolute atomic E-state index is 10.7. The molecule has 0 aromatic carbocycles. The standard InChI is InChI=1S/C6H5ClO3/c1-9-6(8)4-2-10-3-5(4)7/h2-3H,1H3. The van der Waals surface area contributed by atoms with Gasteiger partial charge in [-0.2, -0.15) is 0 Å². The second kappa shape index (κ2) is 2.75. The second-order valence-corrected chi connectivity index (χ2v) is 2.03. The topological polar surface area (TPSA) is 39.4 Å². The SMILES string of the molecule is COC(=O)c1cocc1Cl. The average Bonchev–Trinajstić information content (AvgIpc) is 2.34. The van der Waals surface area contributed by atoms with Crippen molar-refractivity contribution in [1.29, 1.82) is 0 Å². The van der Waals surface area contributed by atoms with E-state index in [1.807, 2.05) is 0 Å². The van der Waals surface area contributed by atoms with Crippen LogP contribution in [0, 0.1) is 0 Å². The molecule has 4 heteroatoms. The number of furan rings is 1. The van der Waals surface area contributed by atoms with E-state index in [2.05, 4.69) is 9.15 Å². The summed E-state index contributed by atoms with van der Waals surface area (Å²) in [4.78, 5) is 10.7. The third-order valence-electron chi connectivity index (χ3n) is 1.02. The van der Waals surface area contributed by atoms with Gasteiger partial charge in [0.15, 0.2) is 0 Å². The Kier molecular flexibility index (Phi) is 1.97. The van der Waals surface area contributed by atoms with Gasteiger partial charge in [0.2, 0.25) is 0 Å². The largest absolute Gasteiger partial charge is 0.470 e. The van der Waals surface area contributed by atoms with Crippen molar-refractivity contribution in [3.05, 3.63) is 23.1 Å². The molecule has 0 bridgehead atoms. The van der Waals surface area contributed by atoms with Crippen LogP contribution in [-0.2, 0) is 4.74 Å². The minimum absolute atomic E-state index is 0.254. The van der Waals surface area contributed by atoms with E-state index in [1.165, 1.54) is 19.6 Å². The molecule has 0 unspecified atom stereocenters. The predicted molar refractivity (Wildman–Crippen MR) is 35.1 cm³/mol. The molecular formula is C6H5ClO3. The van der Waals surface area contributed by atoms with Gasteiger partial charge in [-0.05, 0) is 0 Å². The molecule has 0 aliphatic heterocycles. The molecule has 1 heterocycles. The van der Waals surface area contributed by atoms with Crippen LogP contribution in [0.1, 0.15) is 10.4 Å². The minimum Gasteiger partial charge on any atom is -0.470 e. The Bertz CT molecular complexity index is 241. The Morgan fingerprint density at radius 3 is 2.80 bits per heavy atom. The van der Waals surface area contributed by atoms with Crippen LogP contribution < -0.4 is 0 Å². The van der Waals surface area contributed by atoms with E-state index in [4.69, 9.17) is 11.6 Å². The van der Waals surface area contributed by atoms with Gasteiger partial charge < -0.3 is 9.15 Å². The van der Waals surface area contributed by atoms with Crippen molar-refractivity contribution < 1.29 is 13.9 Å². The fourth-order valence-corrected chi connectivity index (χ4v) is 0.710. The van der Waals surface area contributed by atoms with E-state index in [-0.39, 0.29) is 10.6 Å². The normalized spacial score (nSPS) is 9.40. The summed E-state index contributed by atoms with van der Waals surface area (Å²) >= 11 is 5.52. The fourth-order valence-electron chi connectivity index (χ4n) is 0.537. The number of carbonyl (C=O) groups excluding carboxylic acids is 1. The molecule has 0 atom stereocenters. The third kappa shape index (κ3) is 1.14. The summed E-state index contributed by atoms with van der Waals surface area (Å²) in [5.41, 5.74) is 0.254. The molecule has 54 valence electrons. The molecular weight excluding hydrogens is 156 g/mol. The summed E-state index contributed by atoms with van der Waals surface area (Å²) in [6.07, 6.45) is 2.52. The highest BCUT2D eigenvalue weighted by molar-refractivity contribution is 6.33. The van der Waals surface area contributed by atoms with E-state index >= 15 is 0 Å². The maximum Gasteiger partial charge on any atom is 0.342 e. The summed E-state index contributed by atoms with van der Waals surface area (Å²) in [7, 11) is 1.28. The lowest BCUT2D eigenvalue weighted by Gasteiger charge is -1.91. The summed E-state index contributed by atoms with van der Waals surface area (Å²) in [6.45, 7) is 0. The average molecular weight is 161 g/mol. The molecule has 1 aromatic heterocycles. The monoisotopic (exact) mass is 160 g/mol. The zero-order valence-electron chi connectivity index (χ0n) is 5.26. The zero-order valence-corrected chi connectivity index (χ0v) is 6.01. The van der Waals surface area contributed by atoms with E-state index in [9.17, 15) is 4.79 Å². The molecule has 0 saturated carbocycles. The molecule has 0 radical (unpaired) electrons. The van der Waals surface area contributed by atoms with Crippen molar-refractivity contribution in [1.82, 2.24) is 0 Å². The lowest BCUT2D eigenvalue weighted by Crippen LogP contribution is -1.99. The van der Waals surface area contributed by atoms with Crippen LogP contribution in [0.25, 0.3) is 0 Å². The van der Waals surface area contributed by atoms with Gasteiger partial charge in [0.1, 0.15) is 18.1 Å². The van der Waals surface area contributed by atoms with Gasteiger partial charge in [-0.3, -0.25) is 0 Å². The Labute approximate surface area is 62.5 Å². The van der Waals surface area contributed by atoms with Crippen LogP contribution in [0.15, 0.2) is 16.9 Å². The number of esters is 1. The molecule has 0 aliphatic rings. The number of halogens is 1. The Balaban J connectivity index is 2.93. The quantitative estimate of drug-likeness (QED) is 0.588. The van der Waals surface area contributed by atoms with E-state index in [0.717, 1.165) is 0 Å². The van der Waals surface area contributed by atoms with E-state index < -0.39 is 5.97 Å². The van der Waals surface area contributed by atoms with Crippen molar-refractivity contribution in [2.45, 2.75) is 0 Å². The van der Waals surface area contributed by atoms with E-state index in [0.29, 0.717) is 0 Å². The Hall–Kier alpha value is -0.960. The molecule has 0 fully saturated rings. The van der Waals surface area contributed by atoms with Crippen LogP contribution in [0.2, 0.25) is 5.02 Å². The lowest BCUT2D eigenvalue weighted by atomic mass is 10.3. The predicted octanol–water partition coefficient (Wildman–Crippen LogP) is 1.72. The van der Waals surface area contributed by atoms with Gasteiger partial charge in [-0.1, -0.05) is 11.6 Å². The van der Waals surface area contributed by atoms with Gasteiger partial charge in [0, 0.05) is 0 Å². The number of hydrogen-bond donors (Lipinski definition) is 0. The van der Waals surface area contributed by atoms with Crippen molar-refractivity contribution >= 4 is 17.6 Å². The highest BCUT2D eigenvalue weighted by Crippen LogP contribution is 2.16. The second-order valence-electron chi connectivity index (χ2n) is 1.62. The summed E-state index contributed by atoms with van der Waals surface area (Å²) < 4.78 is 9.03. The highest BCUT2D eigenvalue weighted by atomic mass is 35.5. The third-order valence-corrected chi connectivity index (χ3v) is 1.31. The Morgan fingerprint density at radius 2 is 2.40 bits per heavy atom. The molecule has 10 heavy (non-hydrogen) atoms. The first-order valence-corrected chi connectivity index (χ1v) is 2.93. The van der Waals surface area contributed by atoms with Crippen LogP contribution in [-0.4, -0.2) is 13.1 Å². The van der Waals surface area contributed by atoms with Crippen LogP contribution in [0.5, 0.6) is 0 Å². The van der Waals surface area contributed by atoms with Crippen molar-refractivity contribution in [2.75, 3.05) is 7.11 Å². The fraction of sp³-hybridized carbons (Fsp3) is 0.167. The molecule has 0 amide bonds. The van der Waals surface area contributed by atoms with Gasteiger partial charge in [0.05, 0.1) is 12.1 Å². The summed E-state index contributed by atoms with van der Waals surface area (Å²) in [5, 5.41) is 0.270. The summed E-state index contributed by atoms with van der Waals surface area (Å²) in [6, 6.07) is 0. The maximum atomic E-state index is 10.7. The first kappa shape index (κ1) is 7.15. The van der Waals surface area contributed by atoms with Crippen LogP contribution in [0.4, 0.5) is 0 Å². The smallest absolute Gasteiger partial charge is 0.342 e. The molecule has 0 N–H and O–H groups in total. The first-order valence-electron chi connectivity index (χ1n) is 2.55. The van der Waals surface area contributed by atoms with Crippen molar-refractivity contribution in [3.8, 4) is 0 Å². The highest BCUT2D eigenvalue weighted by Gasteiger charge is 2.11. The minimum atomic E-state index is -0.487. The number of rotatable bonds is 1. The summed E-state index contributed by atoms with van der Waals surface area (Å²) in [5.74, 6) is -0.487. The Morgan fingerprint density at radius 1 is 1.70 bits per heavy atom. The molecule has 0 spiro atoms. The van der Waals surface area contributed by atoms with Crippen molar-refractivity contribution in [2.24, 2.45) is 0 Å². The molecule has 0 saturated heterocycles. The van der Waals surface area contributed by atoms with E-state index in [1.54, 1.807) is 0 Å². The zero-order chi connectivity index (χ0) is 7.56.